The molecule has 18 heavy (non-hydrogen) atoms. The van der Waals surface area contributed by atoms with Gasteiger partial charge in [0.2, 0.25) is 11.8 Å². The number of halogens is 1. The molecule has 0 fully saturated rings. The Bertz CT molecular complexity index is 510. The number of rotatable bonds is 4. The Hall–Kier alpha value is -1.91. The topological polar surface area (TPSA) is 108 Å². The number of hydrogen-bond acceptors (Lipinski definition) is 4. The molecule has 4 N–H and O–H groups in total. The minimum atomic E-state index is -0.421. The van der Waals surface area contributed by atoms with Crippen molar-refractivity contribution in [3.8, 4) is 6.07 Å². The summed E-state index contributed by atoms with van der Waals surface area (Å²) >= 11 is 3.23. The number of hydrogen-bond donors (Lipinski definition) is 3. The molecule has 0 spiro atoms. The number of nitriles is 1. The number of carbonyl (C=O) groups excluding carboxylic acids is 2. The first kappa shape index (κ1) is 14.2. The Labute approximate surface area is 112 Å². The zero-order valence-electron chi connectivity index (χ0n) is 9.37. The minimum Gasteiger partial charge on any atom is -0.346 e. The molecule has 0 aliphatic rings. The Morgan fingerprint density at radius 1 is 1.39 bits per heavy atom. The number of amides is 2. The van der Waals surface area contributed by atoms with E-state index in [0.717, 1.165) is 4.47 Å². The molecule has 1 aromatic rings. The van der Waals surface area contributed by atoms with Crippen LogP contribution >= 0.6 is 15.9 Å². The molecule has 0 aromatic heterocycles. The van der Waals surface area contributed by atoms with E-state index < -0.39 is 11.8 Å². The van der Waals surface area contributed by atoms with Gasteiger partial charge in [-0.05, 0) is 18.2 Å². The van der Waals surface area contributed by atoms with Crippen molar-refractivity contribution in [2.45, 2.75) is 0 Å². The fraction of sp³-hybridized carbons (Fsp3) is 0.182. The van der Waals surface area contributed by atoms with Crippen LogP contribution in [-0.4, -0.2) is 24.9 Å². The Morgan fingerprint density at radius 3 is 2.72 bits per heavy atom. The number of nitrogens with zero attached hydrogens (tertiary/aromatic N) is 1. The van der Waals surface area contributed by atoms with E-state index in [1.807, 2.05) is 6.07 Å². The van der Waals surface area contributed by atoms with Crippen molar-refractivity contribution in [3.05, 3.63) is 28.2 Å². The molecule has 0 radical (unpaired) electrons. The van der Waals surface area contributed by atoms with Gasteiger partial charge in [0.1, 0.15) is 6.07 Å². The maximum absolute atomic E-state index is 11.5. The monoisotopic (exact) mass is 310 g/mol. The largest absolute Gasteiger partial charge is 0.346 e. The van der Waals surface area contributed by atoms with E-state index in [1.165, 1.54) is 0 Å². The van der Waals surface area contributed by atoms with Gasteiger partial charge in [-0.25, -0.2) is 0 Å². The van der Waals surface area contributed by atoms with Gasteiger partial charge in [-0.15, -0.1) is 0 Å². The Morgan fingerprint density at radius 2 is 2.11 bits per heavy atom. The molecular formula is C11H11BrN4O2. The first-order valence-electron chi connectivity index (χ1n) is 5.03. The van der Waals surface area contributed by atoms with E-state index in [2.05, 4.69) is 26.6 Å². The summed E-state index contributed by atoms with van der Waals surface area (Å²) < 4.78 is 0.744. The third-order valence-electron chi connectivity index (χ3n) is 2.01. The summed E-state index contributed by atoms with van der Waals surface area (Å²) in [5, 5.41) is 13.8. The van der Waals surface area contributed by atoms with Gasteiger partial charge in [-0.1, -0.05) is 15.9 Å². The van der Waals surface area contributed by atoms with Gasteiger partial charge in [0.25, 0.3) is 0 Å². The van der Waals surface area contributed by atoms with Gasteiger partial charge in [0.15, 0.2) is 0 Å². The SMILES string of the molecule is N#Cc1cc(Br)ccc1NC(=O)CNC(=O)CN. The molecule has 1 rings (SSSR count). The van der Waals surface area contributed by atoms with Crippen molar-refractivity contribution < 1.29 is 9.59 Å². The van der Waals surface area contributed by atoms with Crippen LogP contribution in [0, 0.1) is 11.3 Å². The average molecular weight is 311 g/mol. The van der Waals surface area contributed by atoms with Crippen molar-refractivity contribution in [3.63, 3.8) is 0 Å². The third kappa shape index (κ3) is 4.16. The van der Waals surface area contributed by atoms with Gasteiger partial charge >= 0.3 is 0 Å². The maximum Gasteiger partial charge on any atom is 0.243 e. The Kier molecular flexibility index (Phi) is 5.30. The van der Waals surface area contributed by atoms with Crippen molar-refractivity contribution >= 4 is 33.4 Å². The number of benzene rings is 1. The lowest BCUT2D eigenvalue weighted by Crippen LogP contribution is -2.36. The third-order valence-corrected chi connectivity index (χ3v) is 2.50. The zero-order valence-corrected chi connectivity index (χ0v) is 11.0. The van der Waals surface area contributed by atoms with E-state index in [9.17, 15) is 9.59 Å². The smallest absolute Gasteiger partial charge is 0.243 e. The van der Waals surface area contributed by atoms with E-state index >= 15 is 0 Å². The summed E-state index contributed by atoms with van der Waals surface area (Å²) in [5.41, 5.74) is 5.81. The van der Waals surface area contributed by atoms with Crippen LogP contribution < -0.4 is 16.4 Å². The van der Waals surface area contributed by atoms with Crippen LogP contribution in [0.2, 0.25) is 0 Å². The van der Waals surface area contributed by atoms with Crippen molar-refractivity contribution in [1.29, 1.82) is 5.26 Å². The van der Waals surface area contributed by atoms with Crippen molar-refractivity contribution in [2.24, 2.45) is 5.73 Å². The molecule has 0 atom stereocenters. The quantitative estimate of drug-likeness (QED) is 0.745. The lowest BCUT2D eigenvalue weighted by atomic mass is 10.2. The number of nitrogens with one attached hydrogen (secondary N) is 2. The zero-order chi connectivity index (χ0) is 13.5. The van der Waals surface area contributed by atoms with Gasteiger partial charge in [-0.2, -0.15) is 5.26 Å². The first-order valence-corrected chi connectivity index (χ1v) is 5.82. The molecule has 0 aliphatic carbocycles. The molecule has 2 amide bonds. The van der Waals surface area contributed by atoms with Gasteiger partial charge in [-0.3, -0.25) is 9.59 Å². The molecule has 1 aromatic carbocycles. The van der Waals surface area contributed by atoms with Crippen LogP contribution in [0.15, 0.2) is 22.7 Å². The highest BCUT2D eigenvalue weighted by molar-refractivity contribution is 9.10. The highest BCUT2D eigenvalue weighted by atomic mass is 79.9. The molecular weight excluding hydrogens is 300 g/mol. The van der Waals surface area contributed by atoms with Crippen molar-refractivity contribution in [2.75, 3.05) is 18.4 Å². The fourth-order valence-corrected chi connectivity index (χ4v) is 1.52. The summed E-state index contributed by atoms with van der Waals surface area (Å²) in [6.07, 6.45) is 0. The molecule has 6 nitrogen and oxygen atoms in total. The second kappa shape index (κ2) is 6.74. The van der Waals surface area contributed by atoms with E-state index in [4.69, 9.17) is 11.0 Å². The van der Waals surface area contributed by atoms with Crippen LogP contribution in [0.5, 0.6) is 0 Å². The second-order valence-corrected chi connectivity index (χ2v) is 4.25. The number of nitrogens with two attached hydrogens (primary N) is 1. The van der Waals surface area contributed by atoms with Crippen LogP contribution in [-0.2, 0) is 9.59 Å². The van der Waals surface area contributed by atoms with Gasteiger partial charge in [0, 0.05) is 4.47 Å². The van der Waals surface area contributed by atoms with Crippen LogP contribution in [0.25, 0.3) is 0 Å². The summed E-state index contributed by atoms with van der Waals surface area (Å²) in [4.78, 5) is 22.4. The average Bonchev–Trinajstić information content (AvgIpc) is 2.37. The highest BCUT2D eigenvalue weighted by Crippen LogP contribution is 2.19. The molecule has 0 heterocycles. The Balaban J connectivity index is 2.65. The summed E-state index contributed by atoms with van der Waals surface area (Å²) in [7, 11) is 0. The maximum atomic E-state index is 11.5. The van der Waals surface area contributed by atoms with Gasteiger partial charge < -0.3 is 16.4 Å². The molecule has 0 unspecified atom stereocenters. The molecule has 0 aliphatic heterocycles. The van der Waals surface area contributed by atoms with E-state index in [-0.39, 0.29) is 13.1 Å². The van der Waals surface area contributed by atoms with Crippen LogP contribution in [0.3, 0.4) is 0 Å². The fourth-order valence-electron chi connectivity index (χ4n) is 1.16. The molecule has 94 valence electrons. The van der Waals surface area contributed by atoms with Crippen LogP contribution in [0.4, 0.5) is 5.69 Å². The van der Waals surface area contributed by atoms with Gasteiger partial charge in [0.05, 0.1) is 24.3 Å². The molecule has 0 saturated heterocycles. The van der Waals surface area contributed by atoms with Crippen LogP contribution in [0.1, 0.15) is 5.56 Å². The normalized spacial score (nSPS) is 9.39. The first-order chi connectivity index (χ1) is 8.56. The molecule has 7 heteroatoms. The molecule has 0 bridgehead atoms. The van der Waals surface area contributed by atoms with E-state index in [1.54, 1.807) is 18.2 Å². The summed E-state index contributed by atoms with van der Waals surface area (Å²) in [6.45, 7) is -0.355. The lowest BCUT2D eigenvalue weighted by molar-refractivity contribution is -0.123. The number of anilines is 1. The van der Waals surface area contributed by atoms with E-state index in [0.29, 0.717) is 11.3 Å². The second-order valence-electron chi connectivity index (χ2n) is 3.33. The highest BCUT2D eigenvalue weighted by Gasteiger charge is 2.08. The standard InChI is InChI=1S/C11H11BrN4O2/c12-8-1-2-9(7(3-8)4-13)16-11(18)6-15-10(17)5-14/h1-3H,5-6,14H2,(H,15,17)(H,16,18). The number of carbonyl (C=O) groups is 2. The predicted octanol–water partition coefficient (Wildman–Crippen LogP) is 0.334. The van der Waals surface area contributed by atoms with Crippen molar-refractivity contribution in [1.82, 2.24) is 5.32 Å². The predicted molar refractivity (Wildman–Crippen MR) is 69.6 cm³/mol. The lowest BCUT2D eigenvalue weighted by Gasteiger charge is -2.08. The summed E-state index contributed by atoms with van der Waals surface area (Å²) in [6, 6.07) is 6.86. The summed E-state index contributed by atoms with van der Waals surface area (Å²) in [5.74, 6) is -0.836. The minimum absolute atomic E-state index is 0.172. The molecule has 0 saturated carbocycles.